The third-order valence-electron chi connectivity index (χ3n) is 5.80. The number of nitrogens with zero attached hydrogens (tertiary/aromatic N) is 2. The van der Waals surface area contributed by atoms with Gasteiger partial charge in [-0.2, -0.15) is 4.31 Å². The molecular weight excluding hydrogens is 426 g/mol. The van der Waals surface area contributed by atoms with Crippen molar-refractivity contribution >= 4 is 21.8 Å². The summed E-state index contributed by atoms with van der Waals surface area (Å²) >= 11 is 0. The van der Waals surface area contributed by atoms with Crippen molar-refractivity contribution in [1.82, 2.24) is 14.5 Å². The van der Waals surface area contributed by atoms with Gasteiger partial charge in [0, 0.05) is 31.2 Å². The summed E-state index contributed by atoms with van der Waals surface area (Å²) in [4.78, 5) is 27.0. The number of benzene rings is 2. The molecule has 0 aromatic heterocycles. The van der Waals surface area contributed by atoms with Gasteiger partial charge in [-0.3, -0.25) is 9.59 Å². The van der Waals surface area contributed by atoms with Crippen LogP contribution in [0.15, 0.2) is 59.5 Å². The molecule has 2 aromatic carbocycles. The number of piperidine rings is 1. The molecule has 2 amide bonds. The van der Waals surface area contributed by atoms with Crippen molar-refractivity contribution in [3.63, 3.8) is 0 Å². The molecule has 1 unspecified atom stereocenters. The van der Waals surface area contributed by atoms with Crippen molar-refractivity contribution < 1.29 is 18.0 Å². The Balaban J connectivity index is 1.65. The molecule has 7 nitrogen and oxygen atoms in total. The molecule has 0 bridgehead atoms. The largest absolute Gasteiger partial charge is 0.343 e. The number of amides is 2. The minimum absolute atomic E-state index is 0.0616. The van der Waals surface area contributed by atoms with Crippen LogP contribution in [-0.4, -0.2) is 55.1 Å². The van der Waals surface area contributed by atoms with Gasteiger partial charge in [0.2, 0.25) is 15.9 Å². The van der Waals surface area contributed by atoms with E-state index in [0.29, 0.717) is 19.6 Å². The van der Waals surface area contributed by atoms with Crippen molar-refractivity contribution in [3.05, 3.63) is 65.7 Å². The molecule has 1 N–H and O–H groups in total. The lowest BCUT2D eigenvalue weighted by molar-refractivity contribution is -0.130. The van der Waals surface area contributed by atoms with Crippen LogP contribution in [0.5, 0.6) is 0 Å². The number of nitrogens with one attached hydrogen (secondary N) is 1. The molecule has 8 heteroatoms. The summed E-state index contributed by atoms with van der Waals surface area (Å²) in [7, 11) is -3.67. The Bertz CT molecular complexity index is 1040. The molecule has 172 valence electrons. The minimum atomic E-state index is -3.67. The number of rotatable bonds is 8. The second-order valence-corrected chi connectivity index (χ2v) is 9.96. The SMILES string of the molecule is CCN(Cc1ccccc1)C(=O)CNC(=O)c1cccc(S(=O)(=O)N2CCCCC2C)c1. The van der Waals surface area contributed by atoms with Crippen LogP contribution in [0, 0.1) is 0 Å². The highest BCUT2D eigenvalue weighted by Gasteiger charge is 2.31. The zero-order valence-electron chi connectivity index (χ0n) is 18.7. The van der Waals surface area contributed by atoms with Crippen LogP contribution in [0.3, 0.4) is 0 Å². The highest BCUT2D eigenvalue weighted by molar-refractivity contribution is 7.89. The molecule has 2 aromatic rings. The molecule has 1 heterocycles. The Morgan fingerprint density at radius 3 is 2.53 bits per heavy atom. The molecule has 1 fully saturated rings. The molecule has 1 saturated heterocycles. The summed E-state index contributed by atoms with van der Waals surface area (Å²) < 4.78 is 27.7. The third-order valence-corrected chi connectivity index (χ3v) is 7.81. The van der Waals surface area contributed by atoms with Gasteiger partial charge in [-0.15, -0.1) is 0 Å². The van der Waals surface area contributed by atoms with Gasteiger partial charge < -0.3 is 10.2 Å². The molecule has 3 rings (SSSR count). The van der Waals surface area contributed by atoms with E-state index in [-0.39, 0.29) is 29.0 Å². The van der Waals surface area contributed by atoms with Crippen LogP contribution in [0.2, 0.25) is 0 Å². The standard InChI is InChI=1S/C24H31N3O4S/c1-3-26(18-20-11-5-4-6-12-20)23(28)17-25-24(29)21-13-9-14-22(16-21)32(30,31)27-15-8-7-10-19(27)2/h4-6,9,11-14,16,19H,3,7-8,10,15,17-18H2,1-2H3,(H,25,29). The number of carbonyl (C=O) groups is 2. The average Bonchev–Trinajstić information content (AvgIpc) is 2.81. The Hall–Kier alpha value is -2.71. The summed E-state index contributed by atoms with van der Waals surface area (Å²) in [5.74, 6) is -0.673. The predicted molar refractivity (Wildman–Crippen MR) is 124 cm³/mol. The summed E-state index contributed by atoms with van der Waals surface area (Å²) in [6, 6.07) is 15.6. The van der Waals surface area contributed by atoms with E-state index in [2.05, 4.69) is 5.32 Å². The van der Waals surface area contributed by atoms with E-state index in [9.17, 15) is 18.0 Å². The van der Waals surface area contributed by atoms with Gasteiger partial charge in [0.25, 0.3) is 5.91 Å². The highest BCUT2D eigenvalue weighted by Crippen LogP contribution is 2.25. The third kappa shape index (κ3) is 5.75. The molecule has 1 aliphatic rings. The number of carbonyl (C=O) groups excluding carboxylic acids is 2. The second-order valence-electron chi connectivity index (χ2n) is 8.06. The van der Waals surface area contributed by atoms with Gasteiger partial charge in [0.15, 0.2) is 0 Å². The highest BCUT2D eigenvalue weighted by atomic mass is 32.2. The first-order valence-corrected chi connectivity index (χ1v) is 12.5. The number of likely N-dealkylation sites (N-methyl/N-ethyl adjacent to an activating group) is 1. The van der Waals surface area contributed by atoms with Crippen LogP contribution < -0.4 is 5.32 Å². The van der Waals surface area contributed by atoms with Crippen LogP contribution in [0.25, 0.3) is 0 Å². The van der Waals surface area contributed by atoms with Gasteiger partial charge in [-0.05, 0) is 50.5 Å². The van der Waals surface area contributed by atoms with Crippen molar-refractivity contribution in [2.75, 3.05) is 19.6 Å². The van der Waals surface area contributed by atoms with E-state index in [4.69, 9.17) is 0 Å². The zero-order valence-corrected chi connectivity index (χ0v) is 19.5. The Labute approximate surface area is 190 Å². The van der Waals surface area contributed by atoms with E-state index >= 15 is 0 Å². The van der Waals surface area contributed by atoms with Crippen LogP contribution >= 0.6 is 0 Å². The number of hydrogen-bond donors (Lipinski definition) is 1. The maximum atomic E-state index is 13.1. The van der Waals surface area contributed by atoms with Crippen molar-refractivity contribution in [2.24, 2.45) is 0 Å². The van der Waals surface area contributed by atoms with E-state index in [1.165, 1.54) is 16.4 Å². The minimum Gasteiger partial charge on any atom is -0.343 e. The molecule has 0 spiro atoms. The second kappa shape index (κ2) is 10.7. The fraction of sp³-hybridized carbons (Fsp3) is 0.417. The van der Waals surface area contributed by atoms with Crippen molar-refractivity contribution in [2.45, 2.75) is 50.6 Å². The smallest absolute Gasteiger partial charge is 0.251 e. The van der Waals surface area contributed by atoms with Crippen LogP contribution in [0.1, 0.15) is 49.0 Å². The van der Waals surface area contributed by atoms with Crippen LogP contribution in [-0.2, 0) is 21.4 Å². The summed E-state index contributed by atoms with van der Waals surface area (Å²) in [5.41, 5.74) is 1.23. The molecule has 0 saturated carbocycles. The van der Waals surface area contributed by atoms with E-state index in [1.54, 1.807) is 17.0 Å². The van der Waals surface area contributed by atoms with Gasteiger partial charge >= 0.3 is 0 Å². The van der Waals surface area contributed by atoms with Gasteiger partial charge in [-0.25, -0.2) is 8.42 Å². The predicted octanol–water partition coefficient (Wildman–Crippen LogP) is 3.03. The van der Waals surface area contributed by atoms with Crippen molar-refractivity contribution in [1.29, 1.82) is 0 Å². The Kier molecular flexibility index (Phi) is 8.04. The maximum Gasteiger partial charge on any atom is 0.251 e. The summed E-state index contributed by atoms with van der Waals surface area (Å²) in [6.45, 7) is 5.12. The lowest BCUT2D eigenvalue weighted by atomic mass is 10.1. The lowest BCUT2D eigenvalue weighted by Crippen LogP contribution is -2.42. The molecule has 0 radical (unpaired) electrons. The first-order chi connectivity index (χ1) is 15.3. The van der Waals surface area contributed by atoms with E-state index in [1.807, 2.05) is 44.2 Å². The maximum absolute atomic E-state index is 13.1. The molecule has 0 aliphatic carbocycles. The van der Waals surface area contributed by atoms with Gasteiger partial charge in [0.1, 0.15) is 0 Å². The van der Waals surface area contributed by atoms with Gasteiger partial charge in [0.05, 0.1) is 11.4 Å². The summed E-state index contributed by atoms with van der Waals surface area (Å²) in [5, 5.41) is 2.63. The van der Waals surface area contributed by atoms with E-state index in [0.717, 1.165) is 24.8 Å². The normalized spacial score (nSPS) is 17.0. The first kappa shape index (κ1) is 23.9. The number of hydrogen-bond acceptors (Lipinski definition) is 4. The molecular formula is C24H31N3O4S. The fourth-order valence-electron chi connectivity index (χ4n) is 3.91. The summed E-state index contributed by atoms with van der Waals surface area (Å²) in [6.07, 6.45) is 2.68. The van der Waals surface area contributed by atoms with Crippen molar-refractivity contribution in [3.8, 4) is 0 Å². The van der Waals surface area contributed by atoms with E-state index < -0.39 is 15.9 Å². The fourth-order valence-corrected chi connectivity index (χ4v) is 5.66. The molecule has 32 heavy (non-hydrogen) atoms. The topological polar surface area (TPSA) is 86.8 Å². The monoisotopic (exact) mass is 457 g/mol. The quantitative estimate of drug-likeness (QED) is 0.660. The zero-order chi connectivity index (χ0) is 23.1. The first-order valence-electron chi connectivity index (χ1n) is 11.0. The Morgan fingerprint density at radius 2 is 1.84 bits per heavy atom. The molecule has 1 aliphatic heterocycles. The molecule has 1 atom stereocenters. The lowest BCUT2D eigenvalue weighted by Gasteiger charge is -2.32. The van der Waals surface area contributed by atoms with Gasteiger partial charge in [-0.1, -0.05) is 42.8 Å². The van der Waals surface area contributed by atoms with Crippen LogP contribution in [0.4, 0.5) is 0 Å². The Morgan fingerprint density at radius 1 is 1.09 bits per heavy atom. The average molecular weight is 458 g/mol. The number of sulfonamides is 1.